The average molecular weight is 500 g/mol. The van der Waals surface area contributed by atoms with Gasteiger partial charge in [-0.25, -0.2) is 4.98 Å². The van der Waals surface area contributed by atoms with Crippen LogP contribution in [0.5, 0.6) is 11.5 Å². The summed E-state index contributed by atoms with van der Waals surface area (Å²) in [7, 11) is 1.66. The van der Waals surface area contributed by atoms with Crippen molar-refractivity contribution >= 4 is 16.9 Å². The third-order valence-corrected chi connectivity index (χ3v) is 6.47. The Balaban J connectivity index is 1.18. The number of para-hydroxylation sites is 2. The van der Waals surface area contributed by atoms with Crippen LogP contribution in [0.2, 0.25) is 0 Å². The molecule has 194 valence electrons. The zero-order valence-corrected chi connectivity index (χ0v) is 21.7. The molecular formula is C31H37N3O3. The van der Waals surface area contributed by atoms with Crippen LogP contribution >= 0.6 is 0 Å². The molecule has 0 aliphatic carbocycles. The van der Waals surface area contributed by atoms with Gasteiger partial charge in [0.25, 0.3) is 0 Å². The van der Waals surface area contributed by atoms with Gasteiger partial charge in [0, 0.05) is 25.9 Å². The van der Waals surface area contributed by atoms with Crippen molar-refractivity contribution in [1.29, 1.82) is 0 Å². The van der Waals surface area contributed by atoms with Crippen LogP contribution in [0, 0.1) is 0 Å². The Kier molecular flexibility index (Phi) is 9.99. The van der Waals surface area contributed by atoms with Crippen LogP contribution in [0.4, 0.5) is 0 Å². The first kappa shape index (κ1) is 26.3. The summed E-state index contributed by atoms with van der Waals surface area (Å²) in [5.74, 6) is 2.93. The molecule has 1 amide bonds. The number of carbonyl (C=O) groups excluding carboxylic acids is 1. The van der Waals surface area contributed by atoms with Crippen LogP contribution in [0.15, 0.2) is 78.9 Å². The SMILES string of the molecule is COc1ccc(OCCCn2c(CCCCCNC(=O)CCc3ccccc3)nc3ccccc32)cc1. The molecule has 0 radical (unpaired) electrons. The number of imidazole rings is 1. The largest absolute Gasteiger partial charge is 0.497 e. The summed E-state index contributed by atoms with van der Waals surface area (Å²) in [6.45, 7) is 2.23. The second kappa shape index (κ2) is 14.1. The highest BCUT2D eigenvalue weighted by Gasteiger charge is 2.10. The van der Waals surface area contributed by atoms with E-state index in [1.54, 1.807) is 7.11 Å². The summed E-state index contributed by atoms with van der Waals surface area (Å²) in [6.07, 6.45) is 6.23. The van der Waals surface area contributed by atoms with Gasteiger partial charge in [-0.05, 0) is 67.6 Å². The molecule has 0 bridgehead atoms. The molecule has 0 atom stereocenters. The molecule has 4 rings (SSSR count). The van der Waals surface area contributed by atoms with Gasteiger partial charge in [-0.1, -0.05) is 48.9 Å². The number of unbranched alkanes of at least 4 members (excludes halogenated alkanes) is 2. The number of benzene rings is 3. The molecule has 4 aromatic rings. The first-order valence-electron chi connectivity index (χ1n) is 13.2. The Bertz CT molecular complexity index is 1240. The number of carbonyl (C=O) groups is 1. The molecule has 0 saturated carbocycles. The number of nitrogens with one attached hydrogen (secondary N) is 1. The standard InChI is InChI=1S/C31H37N3O3/c1-36-26-17-19-27(20-18-26)37-24-10-23-34-29-14-8-7-13-28(29)33-30(34)15-6-3-9-22-32-31(35)21-16-25-11-4-2-5-12-25/h2,4-5,7-8,11-14,17-20H,3,6,9-10,15-16,21-24H2,1H3,(H,32,35). The lowest BCUT2D eigenvalue weighted by Crippen LogP contribution is -2.24. The lowest BCUT2D eigenvalue weighted by atomic mass is 10.1. The lowest BCUT2D eigenvalue weighted by molar-refractivity contribution is -0.121. The van der Waals surface area contributed by atoms with E-state index in [9.17, 15) is 4.79 Å². The molecule has 6 nitrogen and oxygen atoms in total. The van der Waals surface area contributed by atoms with Crippen molar-refractivity contribution in [1.82, 2.24) is 14.9 Å². The van der Waals surface area contributed by atoms with Crippen molar-refractivity contribution in [2.75, 3.05) is 20.3 Å². The lowest BCUT2D eigenvalue weighted by Gasteiger charge is -2.11. The predicted molar refractivity (Wildman–Crippen MR) is 148 cm³/mol. The van der Waals surface area contributed by atoms with Crippen LogP contribution in [0.1, 0.15) is 43.5 Å². The fourth-order valence-electron chi connectivity index (χ4n) is 4.45. The Morgan fingerprint density at radius 2 is 1.59 bits per heavy atom. The quantitative estimate of drug-likeness (QED) is 0.205. The average Bonchev–Trinajstić information content (AvgIpc) is 3.30. The molecule has 0 spiro atoms. The van der Waals surface area contributed by atoms with E-state index in [0.29, 0.717) is 13.0 Å². The number of fused-ring (bicyclic) bond motifs is 1. The van der Waals surface area contributed by atoms with Crippen LogP contribution in [0.3, 0.4) is 0 Å². The smallest absolute Gasteiger partial charge is 0.220 e. The number of aryl methyl sites for hydroxylation is 3. The zero-order chi connectivity index (χ0) is 25.7. The fourth-order valence-corrected chi connectivity index (χ4v) is 4.45. The maximum Gasteiger partial charge on any atom is 0.220 e. The van der Waals surface area contributed by atoms with E-state index in [2.05, 4.69) is 40.2 Å². The highest BCUT2D eigenvalue weighted by molar-refractivity contribution is 5.76. The van der Waals surface area contributed by atoms with Gasteiger partial charge in [-0.15, -0.1) is 0 Å². The predicted octanol–water partition coefficient (Wildman–Crippen LogP) is 5.98. The Morgan fingerprint density at radius 1 is 0.838 bits per heavy atom. The van der Waals surface area contributed by atoms with E-state index in [4.69, 9.17) is 14.5 Å². The zero-order valence-electron chi connectivity index (χ0n) is 21.7. The van der Waals surface area contributed by atoms with Gasteiger partial charge in [0.1, 0.15) is 17.3 Å². The molecule has 3 aromatic carbocycles. The second-order valence-corrected chi connectivity index (χ2v) is 9.19. The monoisotopic (exact) mass is 499 g/mol. The number of hydrogen-bond acceptors (Lipinski definition) is 4. The Morgan fingerprint density at radius 3 is 2.41 bits per heavy atom. The topological polar surface area (TPSA) is 65.4 Å². The molecule has 1 heterocycles. The minimum absolute atomic E-state index is 0.127. The van der Waals surface area contributed by atoms with E-state index in [-0.39, 0.29) is 5.91 Å². The third kappa shape index (κ3) is 8.10. The van der Waals surface area contributed by atoms with Crippen molar-refractivity contribution in [3.05, 3.63) is 90.3 Å². The molecule has 0 saturated heterocycles. The third-order valence-electron chi connectivity index (χ3n) is 6.47. The molecule has 0 aliphatic heterocycles. The number of amides is 1. The van der Waals surface area contributed by atoms with Gasteiger partial charge in [0.2, 0.25) is 5.91 Å². The summed E-state index contributed by atoms with van der Waals surface area (Å²) in [4.78, 5) is 17.0. The maximum atomic E-state index is 12.1. The molecular weight excluding hydrogens is 462 g/mol. The van der Waals surface area contributed by atoms with Crippen LogP contribution in [-0.2, 0) is 24.2 Å². The van der Waals surface area contributed by atoms with Gasteiger partial charge < -0.3 is 19.4 Å². The van der Waals surface area contributed by atoms with Crippen molar-refractivity contribution in [2.45, 2.75) is 51.5 Å². The van der Waals surface area contributed by atoms with E-state index in [0.717, 1.165) is 74.5 Å². The second-order valence-electron chi connectivity index (χ2n) is 9.19. The highest BCUT2D eigenvalue weighted by Crippen LogP contribution is 2.20. The molecule has 1 N–H and O–H groups in total. The minimum Gasteiger partial charge on any atom is -0.497 e. The number of rotatable bonds is 15. The Labute approximate surface area is 219 Å². The molecule has 0 aliphatic rings. The number of hydrogen-bond donors (Lipinski definition) is 1. The number of methoxy groups -OCH3 is 1. The van der Waals surface area contributed by atoms with E-state index >= 15 is 0 Å². The van der Waals surface area contributed by atoms with Gasteiger partial charge in [0.05, 0.1) is 24.8 Å². The van der Waals surface area contributed by atoms with E-state index in [1.165, 1.54) is 11.1 Å². The number of ether oxygens (including phenoxy) is 2. The summed E-state index contributed by atoms with van der Waals surface area (Å²) in [6, 6.07) is 26.2. The van der Waals surface area contributed by atoms with Crippen LogP contribution in [-0.4, -0.2) is 35.7 Å². The minimum atomic E-state index is 0.127. The van der Waals surface area contributed by atoms with Gasteiger partial charge in [0.15, 0.2) is 0 Å². The van der Waals surface area contributed by atoms with Gasteiger partial charge >= 0.3 is 0 Å². The summed E-state index contributed by atoms with van der Waals surface area (Å²) in [5, 5.41) is 3.06. The first-order chi connectivity index (χ1) is 18.2. The number of aromatic nitrogens is 2. The molecule has 1 aromatic heterocycles. The van der Waals surface area contributed by atoms with Crippen molar-refractivity contribution in [3.8, 4) is 11.5 Å². The summed E-state index contributed by atoms with van der Waals surface area (Å²) < 4.78 is 13.5. The fraction of sp³-hybridized carbons (Fsp3) is 0.355. The van der Waals surface area contributed by atoms with Crippen LogP contribution < -0.4 is 14.8 Å². The first-order valence-corrected chi connectivity index (χ1v) is 13.2. The molecule has 0 fully saturated rings. The maximum absolute atomic E-state index is 12.1. The number of nitrogens with zero attached hydrogens (tertiary/aromatic N) is 2. The van der Waals surface area contributed by atoms with Gasteiger partial charge in [-0.3, -0.25) is 4.79 Å². The van der Waals surface area contributed by atoms with Crippen molar-refractivity contribution < 1.29 is 14.3 Å². The Hall–Kier alpha value is -3.80. The molecule has 0 unspecified atom stereocenters. The molecule has 37 heavy (non-hydrogen) atoms. The van der Waals surface area contributed by atoms with Crippen LogP contribution in [0.25, 0.3) is 11.0 Å². The van der Waals surface area contributed by atoms with E-state index in [1.807, 2.05) is 48.5 Å². The normalized spacial score (nSPS) is 10.9. The van der Waals surface area contributed by atoms with E-state index < -0.39 is 0 Å². The molecule has 6 heteroatoms. The van der Waals surface area contributed by atoms with Crippen molar-refractivity contribution in [2.24, 2.45) is 0 Å². The van der Waals surface area contributed by atoms with Gasteiger partial charge in [-0.2, -0.15) is 0 Å². The van der Waals surface area contributed by atoms with Crippen molar-refractivity contribution in [3.63, 3.8) is 0 Å². The summed E-state index contributed by atoms with van der Waals surface area (Å²) in [5.41, 5.74) is 3.42. The summed E-state index contributed by atoms with van der Waals surface area (Å²) >= 11 is 0. The highest BCUT2D eigenvalue weighted by atomic mass is 16.5.